The molecule has 208 valence electrons. The second-order valence-electron chi connectivity index (χ2n) is 12.7. The lowest BCUT2D eigenvalue weighted by Gasteiger charge is -2.28. The van der Waals surface area contributed by atoms with Crippen molar-refractivity contribution < 1.29 is 0 Å². The number of aromatic nitrogens is 1. The average molecular weight is 582 g/mol. The van der Waals surface area contributed by atoms with Crippen LogP contribution in [-0.4, -0.2) is 10.3 Å². The molecule has 0 saturated carbocycles. The van der Waals surface area contributed by atoms with E-state index in [1.54, 1.807) is 0 Å². The van der Waals surface area contributed by atoms with Crippen LogP contribution in [0.3, 0.4) is 0 Å². The molecule has 1 unspecified atom stereocenters. The third-order valence-corrected chi connectivity index (χ3v) is 11.5. The molecule has 2 aliphatic carbocycles. The fraction of sp³-hybridized carbons (Fsp3) is 0.125. The van der Waals surface area contributed by atoms with Gasteiger partial charge in [0.1, 0.15) is 0 Å². The zero-order valence-electron chi connectivity index (χ0n) is 24.0. The molecule has 1 atom stereocenters. The van der Waals surface area contributed by atoms with Crippen molar-refractivity contribution in [3.05, 3.63) is 137 Å². The summed E-state index contributed by atoms with van der Waals surface area (Å²) in [5, 5.41) is 11.9. The number of hydrogen-bond donors (Lipinski definition) is 1. The highest BCUT2D eigenvalue weighted by atomic mass is 32.1. The predicted octanol–water partition coefficient (Wildman–Crippen LogP) is 9.93. The molecule has 3 heterocycles. The molecule has 3 nitrogen and oxygen atoms in total. The smallest absolute Gasteiger partial charge is 0.201 e. The summed E-state index contributed by atoms with van der Waals surface area (Å²) in [5.74, 6) is 0. The van der Waals surface area contributed by atoms with E-state index >= 15 is 0 Å². The Hall–Kier alpha value is -4.93. The van der Waals surface area contributed by atoms with Gasteiger partial charge in [-0.1, -0.05) is 66.7 Å². The SMILES string of the molecule is c1ccc(C2=NC(n3c4cc5sc6cc7c(cc6c5cc4c4ccc5cc6c(cc5c43)CC6)CC7)Nc3ccccc32)cc1. The summed E-state index contributed by atoms with van der Waals surface area (Å²) in [6.07, 6.45) is 4.48. The number of aryl methyl sites for hydroxylation is 4. The zero-order chi connectivity index (χ0) is 28.5. The van der Waals surface area contributed by atoms with Gasteiger partial charge in [-0.2, -0.15) is 0 Å². The molecule has 44 heavy (non-hydrogen) atoms. The summed E-state index contributed by atoms with van der Waals surface area (Å²) in [4.78, 5) is 5.52. The molecule has 2 aromatic heterocycles. The summed E-state index contributed by atoms with van der Waals surface area (Å²) in [5.41, 5.74) is 13.0. The normalized spacial score (nSPS) is 16.8. The van der Waals surface area contributed by atoms with E-state index in [0.717, 1.165) is 22.5 Å². The number of anilines is 1. The van der Waals surface area contributed by atoms with Crippen LogP contribution in [0.1, 0.15) is 39.7 Å². The van der Waals surface area contributed by atoms with Crippen LogP contribution in [0.15, 0.2) is 108 Å². The van der Waals surface area contributed by atoms with E-state index in [4.69, 9.17) is 4.99 Å². The predicted molar refractivity (Wildman–Crippen MR) is 186 cm³/mol. The second-order valence-corrected chi connectivity index (χ2v) is 13.7. The number of benzene rings is 6. The minimum atomic E-state index is -0.288. The number of rotatable bonds is 2. The van der Waals surface area contributed by atoms with Crippen molar-refractivity contribution in [3.8, 4) is 0 Å². The highest BCUT2D eigenvalue weighted by Gasteiger charge is 2.28. The maximum atomic E-state index is 5.52. The van der Waals surface area contributed by atoms with Gasteiger partial charge in [-0.3, -0.25) is 0 Å². The van der Waals surface area contributed by atoms with E-state index in [1.165, 1.54) is 101 Å². The maximum absolute atomic E-state index is 5.52. The lowest BCUT2D eigenvalue weighted by Crippen LogP contribution is -2.25. The topological polar surface area (TPSA) is 29.3 Å². The number of nitrogens with one attached hydrogen (secondary N) is 1. The maximum Gasteiger partial charge on any atom is 0.201 e. The highest BCUT2D eigenvalue weighted by Crippen LogP contribution is 2.45. The van der Waals surface area contributed by atoms with Crippen molar-refractivity contribution >= 4 is 75.5 Å². The van der Waals surface area contributed by atoms with Gasteiger partial charge in [-0.05, 0) is 89.7 Å². The van der Waals surface area contributed by atoms with Crippen LogP contribution in [-0.2, 0) is 25.7 Å². The standard InChI is InChI=1S/C40H27N3S/c1-2-6-22(7-3-1)38-29-8-4-5-9-34(29)41-40(42-38)43-35-21-37-33(32-18-25-12-13-26(25)19-36(32)44-37)20-31(35)28-15-14-27-16-23-10-11-24(23)17-30(27)39(28)43/h1-9,14-21,40-41H,10-13H2. The van der Waals surface area contributed by atoms with E-state index in [2.05, 4.69) is 113 Å². The molecule has 1 aliphatic heterocycles. The van der Waals surface area contributed by atoms with Gasteiger partial charge >= 0.3 is 0 Å². The van der Waals surface area contributed by atoms with Crippen molar-refractivity contribution in [2.45, 2.75) is 32.0 Å². The number of fused-ring (bicyclic) bond motifs is 11. The molecule has 0 amide bonds. The second kappa shape index (κ2) is 8.37. The van der Waals surface area contributed by atoms with E-state index in [9.17, 15) is 0 Å². The number of aliphatic imine (C=N–C) groups is 1. The minimum absolute atomic E-state index is 0.288. The molecule has 0 spiro atoms. The number of para-hydroxylation sites is 1. The quantitative estimate of drug-likeness (QED) is 0.216. The molecule has 0 fully saturated rings. The Morgan fingerprint density at radius 2 is 1.32 bits per heavy atom. The monoisotopic (exact) mass is 581 g/mol. The van der Waals surface area contributed by atoms with Gasteiger partial charge in [0.05, 0.1) is 16.7 Å². The third kappa shape index (κ3) is 3.08. The molecule has 0 saturated heterocycles. The fourth-order valence-corrected chi connectivity index (χ4v) is 9.07. The molecule has 0 bridgehead atoms. The van der Waals surface area contributed by atoms with Crippen LogP contribution >= 0.6 is 11.3 Å². The van der Waals surface area contributed by atoms with Crippen molar-refractivity contribution in [2.24, 2.45) is 4.99 Å². The van der Waals surface area contributed by atoms with Crippen molar-refractivity contribution in [1.29, 1.82) is 0 Å². The first-order chi connectivity index (χ1) is 21.8. The Morgan fingerprint density at radius 1 is 0.614 bits per heavy atom. The van der Waals surface area contributed by atoms with Gasteiger partial charge in [0.2, 0.25) is 6.29 Å². The number of hydrogen-bond acceptors (Lipinski definition) is 3. The van der Waals surface area contributed by atoms with Crippen molar-refractivity contribution in [1.82, 2.24) is 4.57 Å². The van der Waals surface area contributed by atoms with E-state index < -0.39 is 0 Å². The molecular formula is C40H27N3S. The molecule has 8 aromatic rings. The molecule has 1 N–H and O–H groups in total. The Kier molecular flexibility index (Phi) is 4.47. The molecule has 11 rings (SSSR count). The van der Waals surface area contributed by atoms with Gasteiger partial charge < -0.3 is 9.88 Å². The summed E-state index contributed by atoms with van der Waals surface area (Å²) < 4.78 is 5.25. The number of thiophene rings is 1. The Balaban J connectivity index is 1.26. The highest BCUT2D eigenvalue weighted by molar-refractivity contribution is 7.25. The van der Waals surface area contributed by atoms with E-state index in [1.807, 2.05) is 11.3 Å². The summed E-state index contributed by atoms with van der Waals surface area (Å²) in [6, 6.07) is 38.6. The Bertz CT molecular complexity index is 2580. The first-order valence-electron chi connectivity index (χ1n) is 15.7. The molecule has 0 radical (unpaired) electrons. The summed E-state index contributed by atoms with van der Waals surface area (Å²) >= 11 is 1.93. The largest absolute Gasteiger partial charge is 0.346 e. The van der Waals surface area contributed by atoms with Crippen LogP contribution in [0.4, 0.5) is 5.69 Å². The van der Waals surface area contributed by atoms with Crippen LogP contribution in [0.25, 0.3) is 52.8 Å². The lowest BCUT2D eigenvalue weighted by molar-refractivity contribution is 0.626. The van der Waals surface area contributed by atoms with Crippen LogP contribution in [0.5, 0.6) is 0 Å². The van der Waals surface area contributed by atoms with Gasteiger partial charge in [0.15, 0.2) is 0 Å². The van der Waals surface area contributed by atoms with E-state index in [-0.39, 0.29) is 6.29 Å². The van der Waals surface area contributed by atoms with Gasteiger partial charge in [0, 0.05) is 53.1 Å². The first kappa shape index (κ1) is 23.5. The molecular weight excluding hydrogens is 555 g/mol. The fourth-order valence-electron chi connectivity index (χ4n) is 7.90. The van der Waals surface area contributed by atoms with E-state index in [0.29, 0.717) is 0 Å². The summed E-state index contributed by atoms with van der Waals surface area (Å²) in [6.45, 7) is 0. The Morgan fingerprint density at radius 3 is 2.16 bits per heavy atom. The van der Waals surface area contributed by atoms with Crippen LogP contribution in [0.2, 0.25) is 0 Å². The minimum Gasteiger partial charge on any atom is -0.346 e. The molecule has 6 aromatic carbocycles. The Labute approximate surface area is 258 Å². The van der Waals surface area contributed by atoms with Gasteiger partial charge in [0.25, 0.3) is 0 Å². The van der Waals surface area contributed by atoms with Gasteiger partial charge in [-0.25, -0.2) is 4.99 Å². The molecule has 4 heteroatoms. The van der Waals surface area contributed by atoms with Crippen molar-refractivity contribution in [3.63, 3.8) is 0 Å². The van der Waals surface area contributed by atoms with Crippen LogP contribution in [0, 0.1) is 0 Å². The molecule has 3 aliphatic rings. The first-order valence-corrected chi connectivity index (χ1v) is 16.5. The number of nitrogens with zero attached hydrogens (tertiary/aromatic N) is 2. The zero-order valence-corrected chi connectivity index (χ0v) is 24.8. The van der Waals surface area contributed by atoms with Gasteiger partial charge in [-0.15, -0.1) is 11.3 Å². The lowest BCUT2D eigenvalue weighted by atomic mass is 9.86. The van der Waals surface area contributed by atoms with Crippen molar-refractivity contribution in [2.75, 3.05) is 5.32 Å². The third-order valence-electron chi connectivity index (χ3n) is 10.3. The average Bonchev–Trinajstić information content (AvgIpc) is 3.55. The van der Waals surface area contributed by atoms with Crippen LogP contribution < -0.4 is 5.32 Å². The summed E-state index contributed by atoms with van der Waals surface area (Å²) in [7, 11) is 0.